The summed E-state index contributed by atoms with van der Waals surface area (Å²) in [5, 5.41) is 3.41. The van der Waals surface area contributed by atoms with Crippen molar-refractivity contribution >= 4 is 11.3 Å². The molecule has 0 aliphatic carbocycles. The molecule has 0 saturated carbocycles. The van der Waals surface area contributed by atoms with E-state index >= 15 is 0 Å². The lowest BCUT2D eigenvalue weighted by Gasteiger charge is -2.21. The van der Waals surface area contributed by atoms with Crippen molar-refractivity contribution in [3.05, 3.63) is 16.1 Å². The van der Waals surface area contributed by atoms with Crippen LogP contribution in [0.25, 0.3) is 0 Å². The van der Waals surface area contributed by atoms with Crippen LogP contribution in [0.2, 0.25) is 0 Å². The predicted octanol–water partition coefficient (Wildman–Crippen LogP) is 1.92. The van der Waals surface area contributed by atoms with Crippen LogP contribution in [0, 0.1) is 6.92 Å². The van der Waals surface area contributed by atoms with E-state index in [4.69, 9.17) is 0 Å². The maximum absolute atomic E-state index is 4.42. The van der Waals surface area contributed by atoms with Crippen LogP contribution in [-0.2, 0) is 0 Å². The number of hydrogen-bond acceptors (Lipinski definition) is 3. The summed E-state index contributed by atoms with van der Waals surface area (Å²) in [6, 6.07) is 0. The van der Waals surface area contributed by atoms with Gasteiger partial charge in [0.1, 0.15) is 0 Å². The number of nitrogens with one attached hydrogen (secondary N) is 1. The van der Waals surface area contributed by atoms with Gasteiger partial charge in [-0.3, -0.25) is 0 Å². The number of piperidine rings is 1. The zero-order valence-electron chi connectivity index (χ0n) is 7.34. The molecule has 1 aromatic heterocycles. The van der Waals surface area contributed by atoms with Crippen LogP contribution in [0.1, 0.15) is 29.3 Å². The van der Waals surface area contributed by atoms with Gasteiger partial charge in [-0.1, -0.05) is 0 Å². The van der Waals surface area contributed by atoms with E-state index in [2.05, 4.69) is 17.2 Å². The van der Waals surface area contributed by atoms with Crippen molar-refractivity contribution in [1.29, 1.82) is 0 Å². The van der Waals surface area contributed by atoms with E-state index in [0.717, 1.165) is 6.54 Å². The Morgan fingerprint density at radius 2 is 2.58 bits per heavy atom. The molecule has 2 rings (SSSR count). The lowest BCUT2D eigenvalue weighted by Crippen LogP contribution is -2.28. The Hall–Kier alpha value is -0.410. The molecule has 1 N–H and O–H groups in total. The van der Waals surface area contributed by atoms with Crippen molar-refractivity contribution in [1.82, 2.24) is 10.3 Å². The predicted molar refractivity (Wildman–Crippen MR) is 51.7 cm³/mol. The van der Waals surface area contributed by atoms with Gasteiger partial charge in [0.25, 0.3) is 0 Å². The molecule has 1 atom stereocenters. The zero-order valence-corrected chi connectivity index (χ0v) is 8.16. The van der Waals surface area contributed by atoms with Gasteiger partial charge in [-0.05, 0) is 26.3 Å². The third-order valence-electron chi connectivity index (χ3n) is 2.47. The van der Waals surface area contributed by atoms with Crippen molar-refractivity contribution < 1.29 is 0 Å². The number of hydrogen-bond donors (Lipinski definition) is 1. The molecule has 0 radical (unpaired) electrons. The molecule has 1 fully saturated rings. The van der Waals surface area contributed by atoms with Crippen LogP contribution >= 0.6 is 11.3 Å². The minimum Gasteiger partial charge on any atom is -0.316 e. The van der Waals surface area contributed by atoms with E-state index in [-0.39, 0.29) is 0 Å². The number of thiazole rings is 1. The number of nitrogens with zero attached hydrogens (tertiary/aromatic N) is 1. The Labute approximate surface area is 77.0 Å². The van der Waals surface area contributed by atoms with E-state index in [1.807, 2.05) is 5.51 Å². The third-order valence-corrected chi connectivity index (χ3v) is 3.24. The van der Waals surface area contributed by atoms with Gasteiger partial charge in [0.05, 0.1) is 11.2 Å². The first-order valence-corrected chi connectivity index (χ1v) is 5.36. The Morgan fingerprint density at radius 3 is 3.17 bits per heavy atom. The maximum Gasteiger partial charge on any atom is 0.0797 e. The molecular weight excluding hydrogens is 168 g/mol. The van der Waals surface area contributed by atoms with Crippen LogP contribution in [0.15, 0.2) is 5.51 Å². The molecule has 1 saturated heterocycles. The largest absolute Gasteiger partial charge is 0.316 e. The Kier molecular flexibility index (Phi) is 2.42. The van der Waals surface area contributed by atoms with Crippen LogP contribution in [0.4, 0.5) is 0 Å². The van der Waals surface area contributed by atoms with Crippen molar-refractivity contribution in [3.63, 3.8) is 0 Å². The van der Waals surface area contributed by atoms with Gasteiger partial charge < -0.3 is 5.32 Å². The van der Waals surface area contributed by atoms with Crippen LogP contribution < -0.4 is 5.32 Å². The third kappa shape index (κ3) is 1.52. The average molecular weight is 182 g/mol. The van der Waals surface area contributed by atoms with Crippen molar-refractivity contribution in [2.24, 2.45) is 0 Å². The monoisotopic (exact) mass is 182 g/mol. The molecular formula is C9H14N2S. The van der Waals surface area contributed by atoms with E-state index in [1.165, 1.54) is 30.0 Å². The molecule has 3 heteroatoms. The SMILES string of the molecule is Cc1scnc1C1CCCNC1. The summed E-state index contributed by atoms with van der Waals surface area (Å²) in [4.78, 5) is 5.81. The van der Waals surface area contributed by atoms with Gasteiger partial charge in [-0.25, -0.2) is 4.98 Å². The summed E-state index contributed by atoms with van der Waals surface area (Å²) in [6.07, 6.45) is 2.60. The van der Waals surface area contributed by atoms with Gasteiger partial charge in [-0.15, -0.1) is 11.3 Å². The molecule has 0 bridgehead atoms. The minimum atomic E-state index is 0.671. The summed E-state index contributed by atoms with van der Waals surface area (Å²) in [5.74, 6) is 0.671. The highest BCUT2D eigenvalue weighted by atomic mass is 32.1. The summed E-state index contributed by atoms with van der Waals surface area (Å²) < 4.78 is 0. The fourth-order valence-corrected chi connectivity index (χ4v) is 2.46. The lowest BCUT2D eigenvalue weighted by molar-refractivity contribution is 0.455. The second kappa shape index (κ2) is 3.54. The standard InChI is InChI=1S/C9H14N2S/c1-7-9(11-6-12-7)8-3-2-4-10-5-8/h6,8,10H,2-5H2,1H3. The highest BCUT2D eigenvalue weighted by Gasteiger charge is 2.18. The van der Waals surface area contributed by atoms with Crippen molar-refractivity contribution in [2.45, 2.75) is 25.7 Å². The van der Waals surface area contributed by atoms with Gasteiger partial charge in [0, 0.05) is 17.3 Å². The highest BCUT2D eigenvalue weighted by Crippen LogP contribution is 2.26. The molecule has 12 heavy (non-hydrogen) atoms. The van der Waals surface area contributed by atoms with Gasteiger partial charge in [-0.2, -0.15) is 0 Å². The topological polar surface area (TPSA) is 24.9 Å². The second-order valence-electron chi connectivity index (χ2n) is 3.34. The molecule has 1 aromatic rings. The summed E-state index contributed by atoms with van der Waals surface area (Å²) in [5.41, 5.74) is 3.28. The Balaban J connectivity index is 2.13. The van der Waals surface area contributed by atoms with Crippen molar-refractivity contribution in [3.8, 4) is 0 Å². The first-order chi connectivity index (χ1) is 5.88. The van der Waals surface area contributed by atoms with Crippen LogP contribution in [0.3, 0.4) is 0 Å². The number of aromatic nitrogens is 1. The smallest absolute Gasteiger partial charge is 0.0797 e. The summed E-state index contributed by atoms with van der Waals surface area (Å²) >= 11 is 1.76. The molecule has 2 nitrogen and oxygen atoms in total. The molecule has 1 unspecified atom stereocenters. The van der Waals surface area contributed by atoms with E-state index in [1.54, 1.807) is 11.3 Å². The normalized spacial score (nSPS) is 24.2. The number of rotatable bonds is 1. The van der Waals surface area contributed by atoms with Crippen LogP contribution in [-0.4, -0.2) is 18.1 Å². The Bertz CT molecular complexity index is 251. The minimum absolute atomic E-state index is 0.671. The van der Waals surface area contributed by atoms with Gasteiger partial charge in [0.2, 0.25) is 0 Å². The summed E-state index contributed by atoms with van der Waals surface area (Å²) in [7, 11) is 0. The molecule has 2 heterocycles. The highest BCUT2D eigenvalue weighted by molar-refractivity contribution is 7.09. The average Bonchev–Trinajstić information content (AvgIpc) is 2.53. The molecule has 1 aliphatic rings. The number of aryl methyl sites for hydroxylation is 1. The summed E-state index contributed by atoms with van der Waals surface area (Å²) in [6.45, 7) is 4.46. The fourth-order valence-electron chi connectivity index (χ4n) is 1.79. The maximum atomic E-state index is 4.42. The van der Waals surface area contributed by atoms with E-state index in [0.29, 0.717) is 5.92 Å². The first kappa shape index (κ1) is 8.20. The van der Waals surface area contributed by atoms with Crippen molar-refractivity contribution in [2.75, 3.05) is 13.1 Å². The molecule has 66 valence electrons. The quantitative estimate of drug-likeness (QED) is 0.717. The van der Waals surface area contributed by atoms with Crippen LogP contribution in [0.5, 0.6) is 0 Å². The lowest BCUT2D eigenvalue weighted by atomic mass is 9.96. The zero-order chi connectivity index (χ0) is 8.39. The molecule has 0 aromatic carbocycles. The van der Waals surface area contributed by atoms with Gasteiger partial charge in [0.15, 0.2) is 0 Å². The molecule has 0 amide bonds. The van der Waals surface area contributed by atoms with Gasteiger partial charge >= 0.3 is 0 Å². The molecule has 0 spiro atoms. The van der Waals surface area contributed by atoms with E-state index < -0.39 is 0 Å². The fraction of sp³-hybridized carbons (Fsp3) is 0.667. The first-order valence-electron chi connectivity index (χ1n) is 4.48. The Morgan fingerprint density at radius 1 is 1.67 bits per heavy atom. The second-order valence-corrected chi connectivity index (χ2v) is 4.40. The molecule has 1 aliphatic heterocycles. The van der Waals surface area contributed by atoms with E-state index in [9.17, 15) is 0 Å².